The fourth-order valence-corrected chi connectivity index (χ4v) is 1.54. The van der Waals surface area contributed by atoms with E-state index in [9.17, 15) is 18.0 Å². The molecule has 0 atom stereocenters. The number of rotatable bonds is 3. The van der Waals surface area contributed by atoms with Crippen molar-refractivity contribution in [1.29, 1.82) is 0 Å². The van der Waals surface area contributed by atoms with Gasteiger partial charge in [0, 0.05) is 24.9 Å². The molecule has 1 heterocycles. The molecule has 0 saturated carbocycles. The van der Waals surface area contributed by atoms with E-state index in [1.165, 1.54) is 6.92 Å². The summed E-state index contributed by atoms with van der Waals surface area (Å²) in [5.74, 6) is 0.250. The molecule has 0 aliphatic carbocycles. The van der Waals surface area contributed by atoms with Gasteiger partial charge in [0.15, 0.2) is 0 Å². The number of nitrogens with one attached hydrogen (secondary N) is 1. The minimum atomic E-state index is -4.43. The molecule has 2 aromatic rings. The Labute approximate surface area is 118 Å². The van der Waals surface area contributed by atoms with E-state index in [1.807, 2.05) is 0 Å². The second-order valence-corrected chi connectivity index (χ2v) is 4.19. The number of hydrogen-bond donors (Lipinski definition) is 1. The molecule has 7 heteroatoms. The number of anilines is 1. The number of pyridine rings is 1. The smallest absolute Gasteiger partial charge is 0.417 e. The number of ether oxygens (including phenoxy) is 1. The van der Waals surface area contributed by atoms with Crippen LogP contribution in [0, 0.1) is 0 Å². The quantitative estimate of drug-likeness (QED) is 0.936. The van der Waals surface area contributed by atoms with Crippen LogP contribution in [-0.4, -0.2) is 10.9 Å². The number of alkyl halides is 3. The molecule has 0 saturated heterocycles. The topological polar surface area (TPSA) is 51.2 Å². The van der Waals surface area contributed by atoms with E-state index in [4.69, 9.17) is 4.74 Å². The molecule has 0 radical (unpaired) electrons. The van der Waals surface area contributed by atoms with Crippen LogP contribution in [0.25, 0.3) is 0 Å². The van der Waals surface area contributed by atoms with Gasteiger partial charge in [-0.3, -0.25) is 4.79 Å². The molecular formula is C14H11F3N2O2. The number of carbonyl (C=O) groups is 1. The molecule has 0 spiro atoms. The van der Waals surface area contributed by atoms with Gasteiger partial charge in [-0.25, -0.2) is 4.98 Å². The fraction of sp³-hybridized carbons (Fsp3) is 0.143. The highest BCUT2D eigenvalue weighted by Crippen LogP contribution is 2.30. The largest absolute Gasteiger partial charge is 0.439 e. The lowest BCUT2D eigenvalue weighted by atomic mass is 10.3. The van der Waals surface area contributed by atoms with Crippen LogP contribution in [0.5, 0.6) is 11.6 Å². The van der Waals surface area contributed by atoms with Crippen molar-refractivity contribution in [2.24, 2.45) is 0 Å². The molecule has 2 rings (SSSR count). The first-order valence-electron chi connectivity index (χ1n) is 5.93. The number of benzene rings is 1. The SMILES string of the molecule is CC(=O)Nc1ccc(Oc2ccc(C(F)(F)F)cn2)cc1. The zero-order valence-corrected chi connectivity index (χ0v) is 10.9. The number of halogens is 3. The van der Waals surface area contributed by atoms with Crippen molar-refractivity contribution in [3.8, 4) is 11.6 Å². The maximum atomic E-state index is 12.4. The Hall–Kier alpha value is -2.57. The molecule has 0 bridgehead atoms. The van der Waals surface area contributed by atoms with Crippen LogP contribution < -0.4 is 10.1 Å². The van der Waals surface area contributed by atoms with E-state index < -0.39 is 11.7 Å². The van der Waals surface area contributed by atoms with E-state index in [0.29, 0.717) is 17.6 Å². The van der Waals surface area contributed by atoms with E-state index in [1.54, 1.807) is 24.3 Å². The van der Waals surface area contributed by atoms with Gasteiger partial charge in [-0.2, -0.15) is 13.2 Å². The van der Waals surface area contributed by atoms with Gasteiger partial charge >= 0.3 is 6.18 Å². The van der Waals surface area contributed by atoms with Crippen molar-refractivity contribution >= 4 is 11.6 Å². The predicted molar refractivity (Wildman–Crippen MR) is 70.1 cm³/mol. The highest BCUT2D eigenvalue weighted by atomic mass is 19.4. The van der Waals surface area contributed by atoms with Crippen molar-refractivity contribution in [3.05, 3.63) is 48.2 Å². The lowest BCUT2D eigenvalue weighted by Gasteiger charge is -2.08. The van der Waals surface area contributed by atoms with Gasteiger partial charge in [-0.1, -0.05) is 0 Å². The Kier molecular flexibility index (Phi) is 4.11. The zero-order valence-electron chi connectivity index (χ0n) is 10.9. The molecule has 1 N–H and O–H groups in total. The van der Waals surface area contributed by atoms with Crippen molar-refractivity contribution < 1.29 is 22.7 Å². The molecule has 1 aromatic heterocycles. The first kappa shape index (κ1) is 14.8. The van der Waals surface area contributed by atoms with Crippen LogP contribution in [0.1, 0.15) is 12.5 Å². The lowest BCUT2D eigenvalue weighted by molar-refractivity contribution is -0.137. The number of carbonyl (C=O) groups excluding carboxylic acids is 1. The molecule has 110 valence electrons. The molecular weight excluding hydrogens is 285 g/mol. The second-order valence-electron chi connectivity index (χ2n) is 4.19. The van der Waals surface area contributed by atoms with Gasteiger partial charge < -0.3 is 10.1 Å². The summed E-state index contributed by atoms with van der Waals surface area (Å²) < 4.78 is 42.5. The average Bonchev–Trinajstić information content (AvgIpc) is 2.40. The minimum Gasteiger partial charge on any atom is -0.439 e. The lowest BCUT2D eigenvalue weighted by Crippen LogP contribution is -2.05. The van der Waals surface area contributed by atoms with Crippen molar-refractivity contribution in [2.75, 3.05) is 5.32 Å². The molecule has 0 fully saturated rings. The van der Waals surface area contributed by atoms with Crippen LogP contribution in [-0.2, 0) is 11.0 Å². The standard InChI is InChI=1S/C14H11F3N2O2/c1-9(20)19-11-3-5-12(6-4-11)21-13-7-2-10(8-18-13)14(15,16)17/h2-8H,1H3,(H,19,20). The highest BCUT2D eigenvalue weighted by Gasteiger charge is 2.30. The third kappa shape index (κ3) is 4.20. The zero-order chi connectivity index (χ0) is 15.5. The summed E-state index contributed by atoms with van der Waals surface area (Å²) in [4.78, 5) is 14.5. The summed E-state index contributed by atoms with van der Waals surface area (Å²) in [6.07, 6.45) is -3.72. The predicted octanol–water partition coefficient (Wildman–Crippen LogP) is 3.85. The first-order valence-corrected chi connectivity index (χ1v) is 5.93. The number of nitrogens with zero attached hydrogens (tertiary/aromatic N) is 1. The second kappa shape index (κ2) is 5.82. The monoisotopic (exact) mass is 296 g/mol. The fourth-order valence-electron chi connectivity index (χ4n) is 1.54. The van der Waals surface area contributed by atoms with Gasteiger partial charge in [0.1, 0.15) is 5.75 Å². The third-order valence-electron chi connectivity index (χ3n) is 2.46. The number of amides is 1. The summed E-state index contributed by atoms with van der Waals surface area (Å²) in [5, 5.41) is 2.58. The molecule has 0 unspecified atom stereocenters. The molecule has 1 aromatic carbocycles. The van der Waals surface area contributed by atoms with Crippen LogP contribution in [0.4, 0.5) is 18.9 Å². The first-order chi connectivity index (χ1) is 9.84. The summed E-state index contributed by atoms with van der Waals surface area (Å²) >= 11 is 0. The van der Waals surface area contributed by atoms with E-state index >= 15 is 0 Å². The number of hydrogen-bond acceptors (Lipinski definition) is 3. The van der Waals surface area contributed by atoms with Crippen molar-refractivity contribution in [2.45, 2.75) is 13.1 Å². The summed E-state index contributed by atoms with van der Waals surface area (Å²) in [7, 11) is 0. The van der Waals surface area contributed by atoms with Crippen LogP contribution in [0.2, 0.25) is 0 Å². The summed E-state index contributed by atoms with van der Waals surface area (Å²) in [6.45, 7) is 1.39. The van der Waals surface area contributed by atoms with Crippen LogP contribution >= 0.6 is 0 Å². The van der Waals surface area contributed by atoms with Gasteiger partial charge in [-0.05, 0) is 30.3 Å². The Morgan fingerprint density at radius 3 is 2.29 bits per heavy atom. The van der Waals surface area contributed by atoms with Gasteiger partial charge in [-0.15, -0.1) is 0 Å². The third-order valence-corrected chi connectivity index (χ3v) is 2.46. The molecule has 1 amide bonds. The molecule has 4 nitrogen and oxygen atoms in total. The highest BCUT2D eigenvalue weighted by molar-refractivity contribution is 5.88. The van der Waals surface area contributed by atoms with Crippen molar-refractivity contribution in [1.82, 2.24) is 4.98 Å². The summed E-state index contributed by atoms with van der Waals surface area (Å²) in [5.41, 5.74) is -0.244. The van der Waals surface area contributed by atoms with Gasteiger partial charge in [0.2, 0.25) is 11.8 Å². The molecule has 0 aliphatic heterocycles. The van der Waals surface area contributed by atoms with Crippen molar-refractivity contribution in [3.63, 3.8) is 0 Å². The van der Waals surface area contributed by atoms with E-state index in [-0.39, 0.29) is 11.8 Å². The van der Waals surface area contributed by atoms with Gasteiger partial charge in [0.25, 0.3) is 0 Å². The Morgan fingerprint density at radius 1 is 1.14 bits per heavy atom. The van der Waals surface area contributed by atoms with Crippen LogP contribution in [0.3, 0.4) is 0 Å². The average molecular weight is 296 g/mol. The summed E-state index contributed by atoms with van der Waals surface area (Å²) in [6, 6.07) is 8.41. The number of aromatic nitrogens is 1. The van der Waals surface area contributed by atoms with E-state index in [2.05, 4.69) is 10.3 Å². The normalized spacial score (nSPS) is 11.0. The Morgan fingerprint density at radius 2 is 1.81 bits per heavy atom. The Balaban J connectivity index is 2.06. The van der Waals surface area contributed by atoms with E-state index in [0.717, 1.165) is 12.1 Å². The van der Waals surface area contributed by atoms with Gasteiger partial charge in [0.05, 0.1) is 5.56 Å². The maximum Gasteiger partial charge on any atom is 0.417 e. The molecule has 21 heavy (non-hydrogen) atoms. The maximum absolute atomic E-state index is 12.4. The Bertz CT molecular complexity index is 622. The minimum absolute atomic E-state index is 0.0512. The van der Waals surface area contributed by atoms with Crippen LogP contribution in [0.15, 0.2) is 42.6 Å². The molecule has 0 aliphatic rings.